The summed E-state index contributed by atoms with van der Waals surface area (Å²) in [6.45, 7) is 2.90. The van der Waals surface area contributed by atoms with Crippen LogP contribution in [-0.2, 0) is 16.0 Å². The van der Waals surface area contributed by atoms with E-state index in [1.165, 1.54) is 0 Å². The topological polar surface area (TPSA) is 47.6 Å². The number of carbonyl (C=O) groups excluding carboxylic acids is 1. The molecule has 1 heterocycles. The first-order chi connectivity index (χ1) is 8.70. The number of amides is 1. The first-order valence-electron chi connectivity index (χ1n) is 6.20. The Kier molecular flexibility index (Phi) is 4.20. The van der Waals surface area contributed by atoms with Crippen LogP contribution in [0.1, 0.15) is 12.5 Å². The van der Waals surface area contributed by atoms with E-state index in [1.54, 1.807) is 7.11 Å². The Balaban J connectivity index is 1.94. The first-order valence-corrected chi connectivity index (χ1v) is 6.20. The highest BCUT2D eigenvalue weighted by molar-refractivity contribution is 5.79. The molecule has 0 fully saturated rings. The van der Waals surface area contributed by atoms with E-state index in [-0.39, 0.29) is 17.9 Å². The van der Waals surface area contributed by atoms with Gasteiger partial charge in [-0.1, -0.05) is 18.2 Å². The number of benzene rings is 1. The van der Waals surface area contributed by atoms with Crippen molar-refractivity contribution in [1.29, 1.82) is 0 Å². The zero-order valence-electron chi connectivity index (χ0n) is 10.8. The highest BCUT2D eigenvalue weighted by Gasteiger charge is 2.26. The second-order valence-corrected chi connectivity index (χ2v) is 4.68. The van der Waals surface area contributed by atoms with Crippen LogP contribution in [0.5, 0.6) is 5.75 Å². The van der Waals surface area contributed by atoms with Crippen LogP contribution < -0.4 is 10.1 Å². The Hall–Kier alpha value is -1.55. The van der Waals surface area contributed by atoms with E-state index in [4.69, 9.17) is 9.47 Å². The quantitative estimate of drug-likeness (QED) is 0.877. The van der Waals surface area contributed by atoms with Gasteiger partial charge in [0.2, 0.25) is 5.91 Å². The summed E-state index contributed by atoms with van der Waals surface area (Å²) >= 11 is 0. The number of ether oxygens (including phenoxy) is 2. The number of hydrogen-bond donors (Lipinski definition) is 1. The Morgan fingerprint density at radius 1 is 1.56 bits per heavy atom. The second-order valence-electron chi connectivity index (χ2n) is 4.68. The fourth-order valence-electron chi connectivity index (χ4n) is 2.15. The van der Waals surface area contributed by atoms with E-state index in [0.29, 0.717) is 13.2 Å². The minimum atomic E-state index is -0.112. The van der Waals surface area contributed by atoms with Crippen molar-refractivity contribution in [1.82, 2.24) is 5.32 Å². The third kappa shape index (κ3) is 3.01. The van der Waals surface area contributed by atoms with Crippen LogP contribution in [0.25, 0.3) is 0 Å². The standard InChI is InChI=1S/C14H19NO3/c1-10(8-17-2)15-14(16)12-7-11-5-3-4-6-13(11)18-9-12/h3-6,10,12H,7-9H2,1-2H3,(H,15,16)/t10-,12-/m0/s1. The zero-order chi connectivity index (χ0) is 13.0. The molecule has 0 spiro atoms. The number of rotatable bonds is 4. The SMILES string of the molecule is COC[C@H](C)NC(=O)[C@@H]1COc2ccccc2C1. The molecule has 1 N–H and O–H groups in total. The third-order valence-electron chi connectivity index (χ3n) is 3.06. The molecule has 0 unspecified atom stereocenters. The third-order valence-corrected chi connectivity index (χ3v) is 3.06. The summed E-state index contributed by atoms with van der Waals surface area (Å²) in [7, 11) is 1.63. The van der Waals surface area contributed by atoms with Gasteiger partial charge in [0.05, 0.1) is 12.5 Å². The molecule has 0 saturated carbocycles. The molecule has 4 nitrogen and oxygen atoms in total. The molecule has 1 aromatic carbocycles. The van der Waals surface area contributed by atoms with Crippen molar-refractivity contribution in [2.24, 2.45) is 5.92 Å². The average molecular weight is 249 g/mol. The molecule has 0 saturated heterocycles. The van der Waals surface area contributed by atoms with Crippen molar-refractivity contribution in [3.63, 3.8) is 0 Å². The molecule has 1 aliphatic heterocycles. The molecule has 2 rings (SSSR count). The summed E-state index contributed by atoms with van der Waals surface area (Å²) in [5.41, 5.74) is 1.10. The summed E-state index contributed by atoms with van der Waals surface area (Å²) in [6, 6.07) is 7.89. The maximum atomic E-state index is 12.0. The van der Waals surface area contributed by atoms with Crippen molar-refractivity contribution < 1.29 is 14.3 Å². The average Bonchev–Trinajstić information content (AvgIpc) is 2.38. The fraction of sp³-hybridized carbons (Fsp3) is 0.500. The van der Waals surface area contributed by atoms with Gasteiger partial charge in [-0.25, -0.2) is 0 Å². The lowest BCUT2D eigenvalue weighted by Crippen LogP contribution is -2.43. The summed E-state index contributed by atoms with van der Waals surface area (Å²) in [5, 5.41) is 2.94. The minimum Gasteiger partial charge on any atom is -0.492 e. The predicted octanol–water partition coefficient (Wildman–Crippen LogP) is 1.39. The van der Waals surface area contributed by atoms with Gasteiger partial charge in [-0.05, 0) is 25.0 Å². The lowest BCUT2D eigenvalue weighted by atomic mass is 9.96. The molecule has 4 heteroatoms. The van der Waals surface area contributed by atoms with Gasteiger partial charge in [0, 0.05) is 13.2 Å². The minimum absolute atomic E-state index is 0.0275. The molecule has 0 bridgehead atoms. The molecule has 1 amide bonds. The maximum absolute atomic E-state index is 12.0. The molecule has 0 radical (unpaired) electrons. The van der Waals surface area contributed by atoms with Gasteiger partial charge in [0.15, 0.2) is 0 Å². The highest BCUT2D eigenvalue weighted by Crippen LogP contribution is 2.26. The number of hydrogen-bond acceptors (Lipinski definition) is 3. The van der Waals surface area contributed by atoms with Crippen LogP contribution in [0.4, 0.5) is 0 Å². The molecule has 98 valence electrons. The summed E-state index contributed by atoms with van der Waals surface area (Å²) < 4.78 is 10.6. The molecular formula is C14H19NO3. The Morgan fingerprint density at radius 2 is 2.33 bits per heavy atom. The molecule has 1 aliphatic rings. The summed E-state index contributed by atoms with van der Waals surface area (Å²) in [5.74, 6) is 0.819. The van der Waals surface area contributed by atoms with Crippen LogP contribution in [0.2, 0.25) is 0 Å². The maximum Gasteiger partial charge on any atom is 0.227 e. The van der Waals surface area contributed by atoms with Crippen LogP contribution in [0, 0.1) is 5.92 Å². The predicted molar refractivity (Wildman–Crippen MR) is 68.6 cm³/mol. The number of fused-ring (bicyclic) bond motifs is 1. The van der Waals surface area contributed by atoms with Crippen molar-refractivity contribution in [2.75, 3.05) is 20.3 Å². The van der Waals surface area contributed by atoms with Crippen LogP contribution in [0.15, 0.2) is 24.3 Å². The Labute approximate surface area is 107 Å². The second kappa shape index (κ2) is 5.87. The molecule has 2 atom stereocenters. The summed E-state index contributed by atoms with van der Waals surface area (Å²) in [6.07, 6.45) is 0.738. The smallest absolute Gasteiger partial charge is 0.227 e. The van der Waals surface area contributed by atoms with Gasteiger partial charge < -0.3 is 14.8 Å². The lowest BCUT2D eigenvalue weighted by molar-refractivity contribution is -0.127. The Bertz CT molecular complexity index is 419. The molecule has 0 aliphatic carbocycles. The van der Waals surface area contributed by atoms with E-state index >= 15 is 0 Å². The number of methoxy groups -OCH3 is 1. The monoisotopic (exact) mass is 249 g/mol. The van der Waals surface area contributed by atoms with Crippen LogP contribution in [0.3, 0.4) is 0 Å². The van der Waals surface area contributed by atoms with Crippen molar-refractivity contribution in [3.8, 4) is 5.75 Å². The normalized spacial score (nSPS) is 19.6. The molecule has 0 aromatic heterocycles. The number of para-hydroxylation sites is 1. The molecular weight excluding hydrogens is 230 g/mol. The van der Waals surface area contributed by atoms with Gasteiger partial charge in [0.1, 0.15) is 12.4 Å². The fourth-order valence-corrected chi connectivity index (χ4v) is 2.15. The van der Waals surface area contributed by atoms with E-state index in [9.17, 15) is 4.79 Å². The van der Waals surface area contributed by atoms with Gasteiger partial charge in [-0.2, -0.15) is 0 Å². The van der Waals surface area contributed by atoms with E-state index in [0.717, 1.165) is 17.7 Å². The molecule has 1 aromatic rings. The first kappa shape index (κ1) is 12.9. The summed E-state index contributed by atoms with van der Waals surface area (Å²) in [4.78, 5) is 12.0. The highest BCUT2D eigenvalue weighted by atomic mass is 16.5. The largest absolute Gasteiger partial charge is 0.492 e. The number of nitrogens with one attached hydrogen (secondary N) is 1. The van der Waals surface area contributed by atoms with E-state index in [1.807, 2.05) is 31.2 Å². The van der Waals surface area contributed by atoms with Crippen LogP contribution >= 0.6 is 0 Å². The van der Waals surface area contributed by atoms with Gasteiger partial charge in [-0.15, -0.1) is 0 Å². The van der Waals surface area contributed by atoms with Gasteiger partial charge >= 0.3 is 0 Å². The van der Waals surface area contributed by atoms with Crippen molar-refractivity contribution in [2.45, 2.75) is 19.4 Å². The van der Waals surface area contributed by atoms with Crippen molar-refractivity contribution in [3.05, 3.63) is 29.8 Å². The van der Waals surface area contributed by atoms with E-state index in [2.05, 4.69) is 5.32 Å². The van der Waals surface area contributed by atoms with Gasteiger partial charge in [-0.3, -0.25) is 4.79 Å². The zero-order valence-corrected chi connectivity index (χ0v) is 10.8. The Morgan fingerprint density at radius 3 is 3.11 bits per heavy atom. The van der Waals surface area contributed by atoms with E-state index < -0.39 is 0 Å². The van der Waals surface area contributed by atoms with Gasteiger partial charge in [0.25, 0.3) is 0 Å². The molecule has 18 heavy (non-hydrogen) atoms. The number of carbonyl (C=O) groups is 1. The lowest BCUT2D eigenvalue weighted by Gasteiger charge is -2.25. The van der Waals surface area contributed by atoms with Crippen molar-refractivity contribution >= 4 is 5.91 Å². The van der Waals surface area contributed by atoms with Crippen LogP contribution in [-0.4, -0.2) is 32.3 Å².